The van der Waals surface area contributed by atoms with Crippen molar-refractivity contribution in [3.8, 4) is 33.4 Å². The van der Waals surface area contributed by atoms with E-state index in [1.807, 2.05) is 0 Å². The number of hydrogen-bond acceptors (Lipinski definition) is 2. The first-order valence-corrected chi connectivity index (χ1v) is 25.4. The molecule has 63 heavy (non-hydrogen) atoms. The molecule has 2 nitrogen and oxygen atoms in total. The minimum Gasteiger partial charge on any atom is -0.310 e. The van der Waals surface area contributed by atoms with Crippen LogP contribution in [0.4, 0.5) is 34.1 Å². The van der Waals surface area contributed by atoms with Crippen molar-refractivity contribution >= 4 is 63.3 Å². The number of anilines is 6. The van der Waals surface area contributed by atoms with Gasteiger partial charge in [-0.1, -0.05) is 168 Å². The smallest absolute Gasteiger partial charge is 0.113 e. The van der Waals surface area contributed by atoms with E-state index in [1.54, 1.807) is 0 Å². The summed E-state index contributed by atoms with van der Waals surface area (Å²) in [6, 6.07) is 73.1. The molecule has 0 radical (unpaired) electrons. The van der Waals surface area contributed by atoms with Gasteiger partial charge >= 0.3 is 0 Å². The lowest BCUT2D eigenvalue weighted by Gasteiger charge is -2.36. The Kier molecular flexibility index (Phi) is 8.11. The lowest BCUT2D eigenvalue weighted by atomic mass is 9.82. The van der Waals surface area contributed by atoms with E-state index in [-0.39, 0.29) is 10.8 Å². The number of rotatable bonds is 6. The quantitative estimate of drug-likeness (QED) is 0.154. The monoisotopic (exact) mass is 826 g/mol. The Morgan fingerprint density at radius 2 is 0.794 bits per heavy atom. The maximum absolute atomic E-state index is 2.55. The second kappa shape index (κ2) is 13.5. The van der Waals surface area contributed by atoms with Crippen LogP contribution in [0.1, 0.15) is 49.9 Å². The van der Waals surface area contributed by atoms with Gasteiger partial charge in [0.2, 0.25) is 0 Å². The zero-order valence-corrected chi connectivity index (χ0v) is 37.9. The standard InChI is InChI=1S/C60H50N2Si/c1-59(2)51-25-15-13-22-44(51)46-31-28-41(36-53(46)59)61(39-18-9-7-10-19-39)43-30-33-48-49-34-35-55(50-24-17-27-56(58(49)50)63(5,6)57(48)38-43)62(40-20-11-8-12-21-40)42-29-32-47-45-23-14-16-26-52(45)60(3,4)54(47)37-42/h7-38H,1-6H3. The van der Waals surface area contributed by atoms with Crippen LogP contribution < -0.4 is 20.2 Å². The number of hydrogen-bond donors (Lipinski definition) is 0. The topological polar surface area (TPSA) is 6.48 Å². The van der Waals surface area contributed by atoms with Crippen molar-refractivity contribution in [3.63, 3.8) is 0 Å². The highest BCUT2D eigenvalue weighted by atomic mass is 28.3. The molecular weight excluding hydrogens is 777 g/mol. The molecule has 0 unspecified atom stereocenters. The van der Waals surface area contributed by atoms with E-state index in [9.17, 15) is 0 Å². The van der Waals surface area contributed by atoms with Crippen molar-refractivity contribution in [2.24, 2.45) is 0 Å². The predicted octanol–water partition coefficient (Wildman–Crippen LogP) is 15.2. The zero-order valence-electron chi connectivity index (χ0n) is 36.9. The summed E-state index contributed by atoms with van der Waals surface area (Å²) in [5.41, 5.74) is 20.5. The van der Waals surface area contributed by atoms with Gasteiger partial charge in [-0.05, 0) is 138 Å². The SMILES string of the molecule is CC1(C)c2ccccc2-c2ccc(N(c3ccccc3)c3ccc4c(c3)[Si](C)(C)c3cccc5c(N(c6ccccc6)c6ccc7c(c6)C(C)(C)c6ccccc6-7)ccc-4c35)cc21. The summed E-state index contributed by atoms with van der Waals surface area (Å²) in [4.78, 5) is 4.96. The van der Waals surface area contributed by atoms with Crippen LogP contribution in [0, 0.1) is 0 Å². The summed E-state index contributed by atoms with van der Waals surface area (Å²) < 4.78 is 0. The highest BCUT2D eigenvalue weighted by Gasteiger charge is 2.39. The number of benzene rings is 9. The number of nitrogens with zero attached hydrogens (tertiary/aromatic N) is 2. The largest absolute Gasteiger partial charge is 0.310 e. The molecule has 0 aromatic heterocycles. The fraction of sp³-hybridized carbons (Fsp3) is 0.133. The summed E-state index contributed by atoms with van der Waals surface area (Å²) in [5, 5.41) is 5.65. The third-order valence-corrected chi connectivity index (χ3v) is 18.4. The fourth-order valence-electron chi connectivity index (χ4n) is 11.6. The molecule has 1 heterocycles. The van der Waals surface area contributed by atoms with Crippen molar-refractivity contribution in [1.29, 1.82) is 0 Å². The van der Waals surface area contributed by atoms with Gasteiger partial charge in [0, 0.05) is 44.7 Å². The first kappa shape index (κ1) is 37.8. The molecule has 0 bridgehead atoms. The van der Waals surface area contributed by atoms with Crippen molar-refractivity contribution in [2.45, 2.75) is 51.6 Å². The molecule has 0 saturated carbocycles. The third kappa shape index (κ3) is 5.42. The van der Waals surface area contributed by atoms with E-state index in [2.05, 4.69) is 245 Å². The number of fused-ring (bicyclic) bond motifs is 8. The van der Waals surface area contributed by atoms with Gasteiger partial charge < -0.3 is 9.80 Å². The Labute approximate surface area is 372 Å². The van der Waals surface area contributed by atoms with Gasteiger partial charge in [-0.3, -0.25) is 0 Å². The van der Waals surface area contributed by atoms with Gasteiger partial charge in [-0.25, -0.2) is 0 Å². The summed E-state index contributed by atoms with van der Waals surface area (Å²) >= 11 is 0. The highest BCUT2D eigenvalue weighted by Crippen LogP contribution is 2.53. The molecule has 0 atom stereocenters. The molecule has 1 aliphatic heterocycles. The molecule has 0 spiro atoms. The second-order valence-corrected chi connectivity index (χ2v) is 23.7. The Morgan fingerprint density at radius 1 is 0.333 bits per heavy atom. The van der Waals surface area contributed by atoms with Gasteiger partial charge in [-0.2, -0.15) is 0 Å². The van der Waals surface area contributed by atoms with Crippen LogP contribution in [0.3, 0.4) is 0 Å². The maximum atomic E-state index is 2.55. The summed E-state index contributed by atoms with van der Waals surface area (Å²) in [6.45, 7) is 14.6. The molecule has 0 N–H and O–H groups in total. The lowest BCUT2D eigenvalue weighted by molar-refractivity contribution is 0.660. The van der Waals surface area contributed by atoms with Crippen molar-refractivity contribution in [1.82, 2.24) is 0 Å². The fourth-order valence-corrected chi connectivity index (χ4v) is 14.7. The molecule has 0 amide bonds. The predicted molar refractivity (Wildman–Crippen MR) is 271 cm³/mol. The van der Waals surface area contributed by atoms with Crippen molar-refractivity contribution in [2.75, 3.05) is 9.80 Å². The molecule has 3 heteroatoms. The highest BCUT2D eigenvalue weighted by molar-refractivity contribution is 7.03. The van der Waals surface area contributed by atoms with Gasteiger partial charge in [0.1, 0.15) is 8.07 Å². The Hall–Kier alpha value is -6.94. The van der Waals surface area contributed by atoms with Crippen LogP contribution in [0.25, 0.3) is 44.2 Å². The molecule has 0 fully saturated rings. The van der Waals surface area contributed by atoms with E-state index in [1.165, 1.54) is 99.5 Å². The third-order valence-electron chi connectivity index (χ3n) is 14.8. The minimum absolute atomic E-state index is 0.0879. The lowest BCUT2D eigenvalue weighted by Crippen LogP contribution is -2.56. The normalized spacial score (nSPS) is 15.2. The molecule has 3 aliphatic rings. The molecular formula is C60H50N2Si. The van der Waals surface area contributed by atoms with Gasteiger partial charge in [0.05, 0.1) is 5.69 Å². The minimum atomic E-state index is -2.25. The molecule has 304 valence electrons. The molecule has 0 saturated heterocycles. The average molecular weight is 827 g/mol. The maximum Gasteiger partial charge on any atom is 0.113 e. The van der Waals surface area contributed by atoms with Crippen LogP contribution >= 0.6 is 0 Å². The van der Waals surface area contributed by atoms with E-state index in [0.717, 1.165) is 11.4 Å². The van der Waals surface area contributed by atoms with Crippen molar-refractivity contribution in [3.05, 3.63) is 216 Å². The van der Waals surface area contributed by atoms with E-state index in [0.29, 0.717) is 0 Å². The second-order valence-electron chi connectivity index (χ2n) is 19.4. The molecule has 12 rings (SSSR count). The molecule has 9 aromatic rings. The van der Waals surface area contributed by atoms with E-state index >= 15 is 0 Å². The van der Waals surface area contributed by atoms with Gasteiger partial charge in [0.25, 0.3) is 0 Å². The van der Waals surface area contributed by atoms with E-state index < -0.39 is 8.07 Å². The van der Waals surface area contributed by atoms with Gasteiger partial charge in [0.15, 0.2) is 0 Å². The molecule has 9 aromatic carbocycles. The number of para-hydroxylation sites is 2. The van der Waals surface area contributed by atoms with Crippen LogP contribution in [0.15, 0.2) is 194 Å². The van der Waals surface area contributed by atoms with Crippen LogP contribution in [0.2, 0.25) is 13.1 Å². The Balaban J connectivity index is 1.01. The van der Waals surface area contributed by atoms with Crippen LogP contribution in [0.5, 0.6) is 0 Å². The zero-order chi connectivity index (χ0) is 42.8. The van der Waals surface area contributed by atoms with Crippen LogP contribution in [-0.2, 0) is 10.8 Å². The first-order chi connectivity index (χ1) is 30.5. The van der Waals surface area contributed by atoms with Crippen LogP contribution in [-0.4, -0.2) is 8.07 Å². The summed E-state index contributed by atoms with van der Waals surface area (Å²) in [7, 11) is -2.25. The molecule has 2 aliphatic carbocycles. The van der Waals surface area contributed by atoms with Crippen molar-refractivity contribution < 1.29 is 0 Å². The summed E-state index contributed by atoms with van der Waals surface area (Å²) in [6.07, 6.45) is 0. The van der Waals surface area contributed by atoms with E-state index in [4.69, 9.17) is 0 Å². The Bertz CT molecular complexity index is 3320. The summed E-state index contributed by atoms with van der Waals surface area (Å²) in [5.74, 6) is 0. The Morgan fingerprint density at radius 3 is 1.38 bits per heavy atom. The average Bonchev–Trinajstić information content (AvgIpc) is 3.68. The van der Waals surface area contributed by atoms with Gasteiger partial charge in [-0.15, -0.1) is 0 Å². The first-order valence-electron chi connectivity index (χ1n) is 22.4.